The van der Waals surface area contributed by atoms with Gasteiger partial charge in [-0.1, -0.05) is 6.07 Å². The molecule has 0 radical (unpaired) electrons. The molecule has 3 aromatic rings. The molecule has 0 saturated carbocycles. The van der Waals surface area contributed by atoms with Crippen LogP contribution >= 0.6 is 11.3 Å². The highest BCUT2D eigenvalue weighted by atomic mass is 32.1. The minimum atomic E-state index is -0.205. The van der Waals surface area contributed by atoms with Gasteiger partial charge in [-0.15, -0.1) is 11.3 Å². The fourth-order valence-electron chi connectivity index (χ4n) is 2.51. The summed E-state index contributed by atoms with van der Waals surface area (Å²) >= 11 is 1.41. The molecule has 1 amide bonds. The second kappa shape index (κ2) is 9.05. The van der Waals surface area contributed by atoms with E-state index in [0.717, 1.165) is 0 Å². The highest BCUT2D eigenvalue weighted by Crippen LogP contribution is 2.39. The Morgan fingerprint density at radius 2 is 1.86 bits per heavy atom. The maximum absolute atomic E-state index is 12.4. The predicted octanol–water partition coefficient (Wildman–Crippen LogP) is 3.49. The number of carbonyl (C=O) groups is 1. The molecule has 0 aliphatic rings. The summed E-state index contributed by atoms with van der Waals surface area (Å²) in [5.41, 5.74) is 1.20. The van der Waals surface area contributed by atoms with Crippen molar-refractivity contribution in [3.63, 3.8) is 0 Å². The number of ether oxygens (including phenoxy) is 3. The van der Waals surface area contributed by atoms with Crippen LogP contribution in [-0.4, -0.2) is 37.2 Å². The van der Waals surface area contributed by atoms with Crippen molar-refractivity contribution >= 4 is 33.9 Å². The maximum Gasteiger partial charge on any atom is 0.230 e. The minimum absolute atomic E-state index is 0.136. The Morgan fingerprint density at radius 1 is 1.11 bits per heavy atom. The molecule has 8 nitrogen and oxygen atoms in total. The lowest BCUT2D eigenvalue weighted by molar-refractivity contribution is -0.115. The Kier molecular flexibility index (Phi) is 6.28. The Balaban J connectivity index is 1.66. The number of pyridine rings is 1. The number of nitrogens with zero attached hydrogens (tertiary/aromatic N) is 2. The molecule has 3 rings (SSSR count). The van der Waals surface area contributed by atoms with E-state index in [1.807, 2.05) is 23.6 Å². The smallest absolute Gasteiger partial charge is 0.230 e. The molecule has 0 aliphatic heterocycles. The van der Waals surface area contributed by atoms with E-state index in [0.29, 0.717) is 39.6 Å². The van der Waals surface area contributed by atoms with E-state index in [1.54, 1.807) is 18.3 Å². The average Bonchev–Trinajstić information content (AvgIpc) is 3.14. The summed E-state index contributed by atoms with van der Waals surface area (Å²) in [6, 6.07) is 8.92. The third-order valence-corrected chi connectivity index (χ3v) is 4.55. The number of amides is 1. The largest absolute Gasteiger partial charge is 0.493 e. The van der Waals surface area contributed by atoms with Gasteiger partial charge in [0.2, 0.25) is 11.7 Å². The van der Waals surface area contributed by atoms with Crippen LogP contribution in [0.15, 0.2) is 41.9 Å². The maximum atomic E-state index is 12.4. The van der Waals surface area contributed by atoms with Crippen molar-refractivity contribution < 1.29 is 19.0 Å². The Labute approximate surface area is 166 Å². The van der Waals surface area contributed by atoms with Crippen LogP contribution in [0, 0.1) is 0 Å². The van der Waals surface area contributed by atoms with Gasteiger partial charge >= 0.3 is 0 Å². The van der Waals surface area contributed by atoms with E-state index < -0.39 is 0 Å². The molecule has 0 bridgehead atoms. The fraction of sp³-hybridized carbons (Fsp3) is 0.211. The molecule has 9 heteroatoms. The van der Waals surface area contributed by atoms with Crippen molar-refractivity contribution in [2.24, 2.45) is 0 Å². The zero-order valence-electron chi connectivity index (χ0n) is 15.7. The van der Waals surface area contributed by atoms with Crippen LogP contribution in [0.25, 0.3) is 0 Å². The monoisotopic (exact) mass is 400 g/mol. The summed E-state index contributed by atoms with van der Waals surface area (Å²) in [7, 11) is 4.57. The highest BCUT2D eigenvalue weighted by Gasteiger charge is 2.15. The molecule has 2 heterocycles. The summed E-state index contributed by atoms with van der Waals surface area (Å²) in [5.74, 6) is 1.89. The van der Waals surface area contributed by atoms with E-state index in [9.17, 15) is 4.79 Å². The summed E-state index contributed by atoms with van der Waals surface area (Å²) in [4.78, 5) is 21.0. The van der Waals surface area contributed by atoms with Crippen LogP contribution in [0.5, 0.6) is 17.2 Å². The van der Waals surface area contributed by atoms with E-state index in [2.05, 4.69) is 20.6 Å². The van der Waals surface area contributed by atoms with Crippen molar-refractivity contribution in [3.8, 4) is 17.2 Å². The van der Waals surface area contributed by atoms with Gasteiger partial charge < -0.3 is 24.8 Å². The van der Waals surface area contributed by atoms with Gasteiger partial charge in [0.25, 0.3) is 0 Å². The molecule has 0 spiro atoms. The van der Waals surface area contributed by atoms with E-state index >= 15 is 0 Å². The van der Waals surface area contributed by atoms with Crippen molar-refractivity contribution in [1.29, 1.82) is 0 Å². The first-order chi connectivity index (χ1) is 13.6. The summed E-state index contributed by atoms with van der Waals surface area (Å²) in [5, 5.41) is 8.44. The third-order valence-electron chi connectivity index (χ3n) is 3.74. The Morgan fingerprint density at radius 3 is 2.46 bits per heavy atom. The normalized spacial score (nSPS) is 10.2. The second-order valence-electron chi connectivity index (χ2n) is 5.62. The zero-order chi connectivity index (χ0) is 19.9. The van der Waals surface area contributed by atoms with Crippen LogP contribution in [0.2, 0.25) is 0 Å². The standard InChI is InChI=1S/C19H20N4O4S/c1-25-14-8-12(9-15(26-2)18(14)27-3)21-17(24)10-13-11-28-19(22-13)23-16-6-4-5-7-20-16/h4-9,11H,10H2,1-3H3,(H,21,24)(H,20,22,23). The molecule has 0 atom stereocenters. The number of nitrogens with one attached hydrogen (secondary N) is 2. The van der Waals surface area contributed by atoms with Gasteiger partial charge in [0, 0.05) is 29.4 Å². The van der Waals surface area contributed by atoms with Crippen molar-refractivity contribution in [2.45, 2.75) is 6.42 Å². The van der Waals surface area contributed by atoms with Crippen LogP contribution in [-0.2, 0) is 11.2 Å². The average molecular weight is 400 g/mol. The quantitative estimate of drug-likeness (QED) is 0.598. The zero-order valence-corrected chi connectivity index (χ0v) is 16.5. The topological polar surface area (TPSA) is 94.6 Å². The molecule has 2 aromatic heterocycles. The first-order valence-corrected chi connectivity index (χ1v) is 9.23. The lowest BCUT2D eigenvalue weighted by Crippen LogP contribution is -2.15. The summed E-state index contributed by atoms with van der Waals surface area (Å²) in [6.45, 7) is 0. The van der Waals surface area contributed by atoms with E-state index in [1.165, 1.54) is 32.7 Å². The number of rotatable bonds is 8. The van der Waals surface area contributed by atoms with E-state index in [4.69, 9.17) is 14.2 Å². The van der Waals surface area contributed by atoms with Gasteiger partial charge in [0.05, 0.1) is 33.4 Å². The molecule has 28 heavy (non-hydrogen) atoms. The van der Waals surface area contributed by atoms with Gasteiger partial charge in [-0.25, -0.2) is 9.97 Å². The lowest BCUT2D eigenvalue weighted by Gasteiger charge is -2.14. The fourth-order valence-corrected chi connectivity index (χ4v) is 3.23. The van der Waals surface area contributed by atoms with Gasteiger partial charge in [0.1, 0.15) is 5.82 Å². The molecule has 0 aliphatic carbocycles. The molecule has 0 saturated heterocycles. The predicted molar refractivity (Wildman–Crippen MR) is 108 cm³/mol. The number of aromatic nitrogens is 2. The molecule has 2 N–H and O–H groups in total. The number of thiazole rings is 1. The number of methoxy groups -OCH3 is 3. The Bertz CT molecular complexity index is 921. The summed E-state index contributed by atoms with van der Waals surface area (Å²) < 4.78 is 15.9. The molecular formula is C19H20N4O4S. The van der Waals surface area contributed by atoms with E-state index in [-0.39, 0.29) is 12.3 Å². The van der Waals surface area contributed by atoms with Gasteiger partial charge in [-0.2, -0.15) is 0 Å². The number of carbonyl (C=O) groups excluding carboxylic acids is 1. The van der Waals surface area contributed by atoms with Gasteiger partial charge in [-0.3, -0.25) is 4.79 Å². The molecular weight excluding hydrogens is 380 g/mol. The first kappa shape index (κ1) is 19.4. The summed E-state index contributed by atoms with van der Waals surface area (Å²) in [6.07, 6.45) is 1.83. The SMILES string of the molecule is COc1cc(NC(=O)Cc2csc(Nc3ccccn3)n2)cc(OC)c1OC. The van der Waals surface area contributed by atoms with Gasteiger partial charge in [-0.05, 0) is 12.1 Å². The Hall–Kier alpha value is -3.33. The minimum Gasteiger partial charge on any atom is -0.493 e. The van der Waals surface area contributed by atoms with Crippen molar-refractivity contribution in [2.75, 3.05) is 32.0 Å². The first-order valence-electron chi connectivity index (χ1n) is 8.35. The lowest BCUT2D eigenvalue weighted by atomic mass is 10.2. The number of hydrogen-bond acceptors (Lipinski definition) is 8. The number of benzene rings is 1. The molecule has 1 aromatic carbocycles. The van der Waals surface area contributed by atoms with Gasteiger partial charge in [0.15, 0.2) is 16.6 Å². The molecule has 146 valence electrons. The third kappa shape index (κ3) is 4.68. The van der Waals surface area contributed by atoms with Crippen molar-refractivity contribution in [1.82, 2.24) is 9.97 Å². The second-order valence-corrected chi connectivity index (χ2v) is 6.48. The van der Waals surface area contributed by atoms with Crippen LogP contribution in [0.4, 0.5) is 16.6 Å². The molecule has 0 fully saturated rings. The van der Waals surface area contributed by atoms with Crippen LogP contribution in [0.3, 0.4) is 0 Å². The number of hydrogen-bond donors (Lipinski definition) is 2. The van der Waals surface area contributed by atoms with Crippen LogP contribution in [0.1, 0.15) is 5.69 Å². The number of anilines is 3. The molecule has 0 unspecified atom stereocenters. The van der Waals surface area contributed by atoms with Crippen LogP contribution < -0.4 is 24.8 Å². The van der Waals surface area contributed by atoms with Crippen molar-refractivity contribution in [3.05, 3.63) is 47.6 Å². The highest BCUT2D eigenvalue weighted by molar-refractivity contribution is 7.13.